The Morgan fingerprint density at radius 2 is 1.13 bits per heavy atom. The first-order valence-electron chi connectivity index (χ1n) is 12.5. The maximum Gasteiger partial charge on any atom is 0.338 e. The summed E-state index contributed by atoms with van der Waals surface area (Å²) in [4.78, 5) is 12.2. The van der Waals surface area contributed by atoms with E-state index in [1.54, 1.807) is 12.1 Å². The molecule has 0 aliphatic carbocycles. The third-order valence-electron chi connectivity index (χ3n) is 5.85. The summed E-state index contributed by atoms with van der Waals surface area (Å²) >= 11 is 0. The minimum absolute atomic E-state index is 0.156. The van der Waals surface area contributed by atoms with Crippen molar-refractivity contribution in [2.75, 3.05) is 0 Å². The molecule has 0 unspecified atom stereocenters. The number of ether oxygens (including phenoxy) is 1. The molecule has 30 heavy (non-hydrogen) atoms. The van der Waals surface area contributed by atoms with E-state index in [1.165, 1.54) is 102 Å². The van der Waals surface area contributed by atoms with Gasteiger partial charge in [0.2, 0.25) is 0 Å². The average Bonchev–Trinajstić information content (AvgIpc) is 2.71. The monoisotopic (exact) mass is 418 g/mol. The highest BCUT2D eigenvalue weighted by atomic mass is 16.6. The van der Waals surface area contributed by atoms with Crippen LogP contribution in [0.5, 0.6) is 5.75 Å². The van der Waals surface area contributed by atoms with Crippen molar-refractivity contribution < 1.29 is 14.6 Å². The van der Waals surface area contributed by atoms with Crippen LogP contribution in [-0.2, 0) is 4.74 Å². The number of carbonyl (C=O) groups is 1. The molecule has 0 bridgehead atoms. The highest BCUT2D eigenvalue weighted by Gasteiger charge is 2.23. The van der Waals surface area contributed by atoms with Gasteiger partial charge in [-0.2, -0.15) is 0 Å². The molecule has 0 amide bonds. The number of esters is 1. The molecule has 1 rings (SSSR count). The quantitative estimate of drug-likeness (QED) is 0.192. The second kappa shape index (κ2) is 16.2. The molecular formula is C27H46O3. The predicted molar refractivity (Wildman–Crippen MR) is 127 cm³/mol. The first kappa shape index (κ1) is 26.5. The van der Waals surface area contributed by atoms with E-state index in [0.29, 0.717) is 5.56 Å². The number of phenols is 1. The molecule has 1 aromatic carbocycles. The normalized spacial score (nSPS) is 11.6. The minimum atomic E-state index is -0.453. The second-order valence-corrected chi connectivity index (χ2v) is 9.40. The molecule has 0 aromatic heterocycles. The van der Waals surface area contributed by atoms with Crippen LogP contribution in [0.25, 0.3) is 0 Å². The summed E-state index contributed by atoms with van der Waals surface area (Å²) in [6, 6.07) is 6.22. The molecule has 0 aliphatic rings. The highest BCUT2D eigenvalue weighted by Crippen LogP contribution is 2.22. The molecule has 3 heteroatoms. The molecule has 0 radical (unpaired) electrons. The lowest BCUT2D eigenvalue weighted by molar-refractivity contribution is -0.00550. The van der Waals surface area contributed by atoms with Crippen molar-refractivity contribution in [3.8, 4) is 5.75 Å². The van der Waals surface area contributed by atoms with Gasteiger partial charge in [-0.3, -0.25) is 0 Å². The van der Waals surface area contributed by atoms with E-state index in [0.717, 1.165) is 12.8 Å². The van der Waals surface area contributed by atoms with Gasteiger partial charge in [0.1, 0.15) is 11.4 Å². The summed E-state index contributed by atoms with van der Waals surface area (Å²) in [5, 5.41) is 9.32. The van der Waals surface area contributed by atoms with Crippen LogP contribution in [0.3, 0.4) is 0 Å². The molecule has 0 saturated heterocycles. The fourth-order valence-electron chi connectivity index (χ4n) is 3.88. The maximum absolute atomic E-state index is 12.2. The average molecular weight is 419 g/mol. The first-order valence-corrected chi connectivity index (χ1v) is 12.5. The van der Waals surface area contributed by atoms with E-state index in [4.69, 9.17) is 4.74 Å². The number of carbonyl (C=O) groups excluding carboxylic acids is 1. The summed E-state index contributed by atoms with van der Waals surface area (Å²) in [6.07, 6.45) is 21.2. The van der Waals surface area contributed by atoms with Gasteiger partial charge >= 0.3 is 5.97 Å². The summed E-state index contributed by atoms with van der Waals surface area (Å²) < 4.78 is 5.66. The SMILES string of the molecule is CCCCCCCCCCCCCCCCCC(C)(C)OC(=O)c1ccc(O)cc1. The van der Waals surface area contributed by atoms with Crippen molar-refractivity contribution in [1.82, 2.24) is 0 Å². The Balaban J connectivity index is 1.95. The highest BCUT2D eigenvalue weighted by molar-refractivity contribution is 5.89. The van der Waals surface area contributed by atoms with Crippen LogP contribution in [0.1, 0.15) is 134 Å². The standard InChI is InChI=1S/C27H46O3/c1-4-5-6-7-8-9-10-11-12-13-14-15-16-17-18-23-27(2,3)30-26(29)24-19-21-25(28)22-20-24/h19-22,28H,4-18,23H2,1-3H3. The van der Waals surface area contributed by atoms with Gasteiger partial charge in [-0.25, -0.2) is 4.79 Å². The van der Waals surface area contributed by atoms with Crippen LogP contribution in [0, 0.1) is 0 Å². The summed E-state index contributed by atoms with van der Waals surface area (Å²) in [6.45, 7) is 6.24. The maximum atomic E-state index is 12.2. The Hall–Kier alpha value is -1.51. The van der Waals surface area contributed by atoms with Crippen LogP contribution >= 0.6 is 0 Å². The fourth-order valence-corrected chi connectivity index (χ4v) is 3.88. The number of hydrogen-bond acceptors (Lipinski definition) is 3. The molecule has 172 valence electrons. The third-order valence-corrected chi connectivity index (χ3v) is 5.85. The number of hydrogen-bond donors (Lipinski definition) is 1. The van der Waals surface area contributed by atoms with Crippen LogP contribution in [0.15, 0.2) is 24.3 Å². The molecule has 0 fully saturated rings. The van der Waals surface area contributed by atoms with Crippen molar-refractivity contribution in [1.29, 1.82) is 0 Å². The Labute approximate surface area is 185 Å². The van der Waals surface area contributed by atoms with Gasteiger partial charge in [-0.15, -0.1) is 0 Å². The van der Waals surface area contributed by atoms with Gasteiger partial charge in [0, 0.05) is 0 Å². The largest absolute Gasteiger partial charge is 0.508 e. The molecule has 1 aromatic rings. The van der Waals surface area contributed by atoms with E-state index < -0.39 is 5.60 Å². The molecule has 0 atom stereocenters. The van der Waals surface area contributed by atoms with E-state index in [2.05, 4.69) is 6.92 Å². The molecule has 0 spiro atoms. The Kier molecular flexibility index (Phi) is 14.3. The zero-order valence-electron chi connectivity index (χ0n) is 19.9. The summed E-state index contributed by atoms with van der Waals surface area (Å²) in [5.41, 5.74) is 0.0308. The van der Waals surface area contributed by atoms with Gasteiger partial charge in [0.25, 0.3) is 0 Å². The van der Waals surface area contributed by atoms with E-state index >= 15 is 0 Å². The van der Waals surface area contributed by atoms with Crippen LogP contribution in [0.4, 0.5) is 0 Å². The third kappa shape index (κ3) is 13.7. The lowest BCUT2D eigenvalue weighted by atomic mass is 9.98. The first-order chi connectivity index (χ1) is 14.4. The van der Waals surface area contributed by atoms with Crippen molar-refractivity contribution >= 4 is 5.97 Å². The Bertz CT molecular complexity index is 548. The number of phenolic OH excluding ortho intramolecular Hbond substituents is 1. The lowest BCUT2D eigenvalue weighted by Crippen LogP contribution is -2.28. The molecule has 3 nitrogen and oxygen atoms in total. The van der Waals surface area contributed by atoms with Crippen LogP contribution < -0.4 is 0 Å². The second-order valence-electron chi connectivity index (χ2n) is 9.40. The van der Waals surface area contributed by atoms with Crippen LogP contribution in [0.2, 0.25) is 0 Å². The van der Waals surface area contributed by atoms with Gasteiger partial charge in [-0.05, 0) is 51.0 Å². The topological polar surface area (TPSA) is 46.5 Å². The molecule has 0 saturated carbocycles. The summed E-state index contributed by atoms with van der Waals surface area (Å²) in [5.74, 6) is -0.162. The van der Waals surface area contributed by atoms with E-state index in [-0.39, 0.29) is 11.7 Å². The Morgan fingerprint density at radius 3 is 1.57 bits per heavy atom. The van der Waals surface area contributed by atoms with Crippen molar-refractivity contribution in [3.63, 3.8) is 0 Å². The number of rotatable bonds is 18. The molecule has 0 heterocycles. The van der Waals surface area contributed by atoms with Crippen molar-refractivity contribution in [2.45, 2.75) is 129 Å². The summed E-state index contributed by atoms with van der Waals surface area (Å²) in [7, 11) is 0. The minimum Gasteiger partial charge on any atom is -0.508 e. The van der Waals surface area contributed by atoms with Crippen LogP contribution in [-0.4, -0.2) is 16.7 Å². The molecule has 0 aliphatic heterocycles. The van der Waals surface area contributed by atoms with Crippen molar-refractivity contribution in [3.05, 3.63) is 29.8 Å². The van der Waals surface area contributed by atoms with Gasteiger partial charge < -0.3 is 9.84 Å². The smallest absolute Gasteiger partial charge is 0.338 e. The number of aromatic hydroxyl groups is 1. The number of unbranched alkanes of at least 4 members (excludes halogenated alkanes) is 14. The lowest BCUT2D eigenvalue weighted by Gasteiger charge is -2.25. The molecule has 1 N–H and O–H groups in total. The zero-order valence-corrected chi connectivity index (χ0v) is 19.9. The molecular weight excluding hydrogens is 372 g/mol. The van der Waals surface area contributed by atoms with Crippen molar-refractivity contribution in [2.24, 2.45) is 0 Å². The van der Waals surface area contributed by atoms with E-state index in [1.807, 2.05) is 13.8 Å². The fraction of sp³-hybridized carbons (Fsp3) is 0.741. The van der Waals surface area contributed by atoms with Gasteiger partial charge in [0.05, 0.1) is 5.56 Å². The zero-order chi connectivity index (χ0) is 22.1. The predicted octanol–water partition coefficient (Wildman–Crippen LogP) is 8.59. The Morgan fingerprint density at radius 1 is 0.733 bits per heavy atom. The van der Waals surface area contributed by atoms with E-state index in [9.17, 15) is 9.90 Å². The number of benzene rings is 1. The van der Waals surface area contributed by atoms with Gasteiger partial charge in [0.15, 0.2) is 0 Å². The van der Waals surface area contributed by atoms with Gasteiger partial charge in [-0.1, -0.05) is 96.8 Å².